The quantitative estimate of drug-likeness (QED) is 0.794. The van der Waals surface area contributed by atoms with Crippen molar-refractivity contribution in [2.75, 3.05) is 18.5 Å². The second-order valence-corrected chi connectivity index (χ2v) is 3.78. The summed E-state index contributed by atoms with van der Waals surface area (Å²) in [4.78, 5) is 9.73. The summed E-state index contributed by atoms with van der Waals surface area (Å²) >= 11 is 9.09. The molecule has 0 saturated carbocycles. The molecule has 0 radical (unpaired) electrons. The van der Waals surface area contributed by atoms with Crippen LogP contribution >= 0.6 is 27.5 Å². The molecule has 0 amide bonds. The Morgan fingerprint density at radius 1 is 1.64 bits per heavy atom. The third-order valence-electron chi connectivity index (χ3n) is 1.65. The van der Waals surface area contributed by atoms with E-state index in [1.807, 2.05) is 11.9 Å². The summed E-state index contributed by atoms with van der Waals surface area (Å²) < 4.78 is 0.655. The van der Waals surface area contributed by atoms with Crippen molar-refractivity contribution in [3.05, 3.63) is 16.0 Å². The Bertz CT molecular complexity index is 363. The first kappa shape index (κ1) is 11.2. The Balaban J connectivity index is 2.85. The van der Waals surface area contributed by atoms with Gasteiger partial charge in [-0.2, -0.15) is 5.26 Å². The molecule has 0 N–H and O–H groups in total. The smallest absolute Gasteiger partial charge is 0.148 e. The van der Waals surface area contributed by atoms with Gasteiger partial charge in [0.15, 0.2) is 0 Å². The average Bonchev–Trinajstić information content (AvgIpc) is 2.18. The number of nitriles is 1. The lowest BCUT2D eigenvalue weighted by molar-refractivity contribution is 0.875. The third-order valence-corrected chi connectivity index (χ3v) is 2.89. The topological polar surface area (TPSA) is 52.8 Å². The van der Waals surface area contributed by atoms with Crippen molar-refractivity contribution < 1.29 is 0 Å². The van der Waals surface area contributed by atoms with E-state index in [-0.39, 0.29) is 0 Å². The van der Waals surface area contributed by atoms with Crippen LogP contribution in [0.15, 0.2) is 10.8 Å². The molecular formula is C8H8BrClN4. The number of halogens is 2. The standard InChI is InChI=1S/C8H8BrClN4/c1-14(4-2-3-11)8-6(9)7(10)12-5-13-8/h5H,2,4H2,1H3. The van der Waals surface area contributed by atoms with Gasteiger partial charge in [-0.3, -0.25) is 0 Å². The summed E-state index contributed by atoms with van der Waals surface area (Å²) in [6, 6.07) is 2.07. The monoisotopic (exact) mass is 274 g/mol. The molecule has 1 heterocycles. The van der Waals surface area contributed by atoms with Crippen molar-refractivity contribution in [2.24, 2.45) is 0 Å². The molecule has 0 atom stereocenters. The second-order valence-electron chi connectivity index (χ2n) is 2.63. The molecular weight excluding hydrogens is 267 g/mol. The molecule has 0 aromatic carbocycles. The molecule has 14 heavy (non-hydrogen) atoms. The van der Waals surface area contributed by atoms with Crippen LogP contribution in [-0.2, 0) is 0 Å². The largest absolute Gasteiger partial charge is 0.358 e. The fourth-order valence-corrected chi connectivity index (χ4v) is 1.57. The first-order valence-corrected chi connectivity index (χ1v) is 5.08. The Hall–Kier alpha value is -0.860. The second kappa shape index (κ2) is 5.13. The van der Waals surface area contributed by atoms with Crippen LogP contribution in [0.1, 0.15) is 6.42 Å². The van der Waals surface area contributed by atoms with Gasteiger partial charge in [-0.15, -0.1) is 0 Å². The molecule has 0 aliphatic rings. The third kappa shape index (κ3) is 2.56. The fraction of sp³-hybridized carbons (Fsp3) is 0.375. The lowest BCUT2D eigenvalue weighted by Gasteiger charge is -2.17. The maximum atomic E-state index is 8.44. The summed E-state index contributed by atoms with van der Waals surface area (Å²) in [5, 5.41) is 8.81. The summed E-state index contributed by atoms with van der Waals surface area (Å²) in [5.74, 6) is 0.695. The van der Waals surface area contributed by atoms with Crippen LogP contribution in [0.25, 0.3) is 0 Å². The Morgan fingerprint density at radius 3 is 3.00 bits per heavy atom. The number of anilines is 1. The number of hydrogen-bond donors (Lipinski definition) is 0. The van der Waals surface area contributed by atoms with Crippen molar-refractivity contribution in [1.82, 2.24) is 9.97 Å². The zero-order valence-corrected chi connectivity index (χ0v) is 9.88. The highest BCUT2D eigenvalue weighted by Gasteiger charge is 2.10. The highest BCUT2D eigenvalue weighted by molar-refractivity contribution is 9.10. The Kier molecular flexibility index (Phi) is 4.11. The zero-order chi connectivity index (χ0) is 10.6. The number of hydrogen-bond acceptors (Lipinski definition) is 4. The van der Waals surface area contributed by atoms with E-state index in [2.05, 4.69) is 32.0 Å². The first-order valence-electron chi connectivity index (χ1n) is 3.91. The van der Waals surface area contributed by atoms with E-state index in [0.29, 0.717) is 28.4 Å². The van der Waals surface area contributed by atoms with E-state index < -0.39 is 0 Å². The van der Waals surface area contributed by atoms with E-state index in [1.165, 1.54) is 6.33 Å². The van der Waals surface area contributed by atoms with E-state index in [1.54, 1.807) is 0 Å². The fourth-order valence-electron chi connectivity index (χ4n) is 0.930. The Labute approximate surface area is 95.7 Å². The molecule has 74 valence electrons. The molecule has 1 aromatic heterocycles. The molecule has 0 fully saturated rings. The van der Waals surface area contributed by atoms with Crippen LogP contribution in [0.5, 0.6) is 0 Å². The van der Waals surface area contributed by atoms with Gasteiger partial charge in [0, 0.05) is 13.6 Å². The summed E-state index contributed by atoms with van der Waals surface area (Å²) in [6.07, 6.45) is 1.84. The minimum absolute atomic E-state index is 0.374. The molecule has 0 aliphatic heterocycles. The van der Waals surface area contributed by atoms with Crippen molar-refractivity contribution in [1.29, 1.82) is 5.26 Å². The van der Waals surface area contributed by atoms with Gasteiger partial charge in [0.1, 0.15) is 17.3 Å². The molecule has 0 bridgehead atoms. The van der Waals surface area contributed by atoms with Crippen LogP contribution in [-0.4, -0.2) is 23.6 Å². The first-order chi connectivity index (χ1) is 6.66. The van der Waals surface area contributed by atoms with Crippen LogP contribution in [0, 0.1) is 11.3 Å². The van der Waals surface area contributed by atoms with E-state index in [4.69, 9.17) is 16.9 Å². The minimum Gasteiger partial charge on any atom is -0.358 e. The maximum Gasteiger partial charge on any atom is 0.148 e. The van der Waals surface area contributed by atoms with Crippen LogP contribution in [0.3, 0.4) is 0 Å². The summed E-state index contributed by atoms with van der Waals surface area (Å²) in [7, 11) is 1.85. The minimum atomic E-state index is 0.374. The average molecular weight is 276 g/mol. The molecule has 1 aromatic rings. The lowest BCUT2D eigenvalue weighted by Crippen LogP contribution is -2.20. The number of rotatable bonds is 3. The molecule has 0 unspecified atom stereocenters. The van der Waals surface area contributed by atoms with E-state index in [0.717, 1.165) is 0 Å². The normalized spacial score (nSPS) is 9.57. The molecule has 0 spiro atoms. The van der Waals surface area contributed by atoms with Gasteiger partial charge in [-0.25, -0.2) is 9.97 Å². The van der Waals surface area contributed by atoms with Crippen LogP contribution < -0.4 is 4.90 Å². The molecule has 4 nitrogen and oxygen atoms in total. The molecule has 0 aliphatic carbocycles. The van der Waals surface area contributed by atoms with Crippen molar-refractivity contribution in [3.63, 3.8) is 0 Å². The summed E-state index contributed by atoms with van der Waals surface area (Å²) in [5.41, 5.74) is 0. The Morgan fingerprint density at radius 2 is 2.36 bits per heavy atom. The van der Waals surface area contributed by atoms with Gasteiger partial charge in [0.25, 0.3) is 0 Å². The van der Waals surface area contributed by atoms with Crippen molar-refractivity contribution in [3.8, 4) is 6.07 Å². The lowest BCUT2D eigenvalue weighted by atomic mass is 10.4. The highest BCUT2D eigenvalue weighted by atomic mass is 79.9. The number of nitrogens with zero attached hydrogens (tertiary/aromatic N) is 4. The van der Waals surface area contributed by atoms with E-state index >= 15 is 0 Å². The van der Waals surface area contributed by atoms with Crippen molar-refractivity contribution >= 4 is 33.3 Å². The van der Waals surface area contributed by atoms with Gasteiger partial charge < -0.3 is 4.90 Å². The highest BCUT2D eigenvalue weighted by Crippen LogP contribution is 2.28. The predicted octanol–water partition coefficient (Wildman–Crippen LogP) is 2.24. The molecule has 6 heteroatoms. The van der Waals surface area contributed by atoms with Gasteiger partial charge in [0.05, 0.1) is 17.0 Å². The van der Waals surface area contributed by atoms with Gasteiger partial charge in [-0.05, 0) is 15.9 Å². The van der Waals surface area contributed by atoms with Crippen LogP contribution in [0.2, 0.25) is 5.15 Å². The number of aromatic nitrogens is 2. The SMILES string of the molecule is CN(CCC#N)c1ncnc(Cl)c1Br. The van der Waals surface area contributed by atoms with Gasteiger partial charge in [-0.1, -0.05) is 11.6 Å². The van der Waals surface area contributed by atoms with Crippen molar-refractivity contribution in [2.45, 2.75) is 6.42 Å². The maximum absolute atomic E-state index is 8.44. The molecule has 0 saturated heterocycles. The van der Waals surface area contributed by atoms with Gasteiger partial charge >= 0.3 is 0 Å². The van der Waals surface area contributed by atoms with E-state index in [9.17, 15) is 0 Å². The summed E-state index contributed by atoms with van der Waals surface area (Å²) in [6.45, 7) is 0.614. The van der Waals surface area contributed by atoms with Crippen LogP contribution in [0.4, 0.5) is 5.82 Å². The van der Waals surface area contributed by atoms with Gasteiger partial charge in [0.2, 0.25) is 0 Å². The zero-order valence-electron chi connectivity index (χ0n) is 7.54. The molecule has 1 rings (SSSR count). The predicted molar refractivity (Wildman–Crippen MR) is 58.2 cm³/mol.